The molecule has 0 aromatic carbocycles. The van der Waals surface area contributed by atoms with Crippen LogP contribution in [0.25, 0.3) is 0 Å². The van der Waals surface area contributed by atoms with Gasteiger partial charge in [0, 0.05) is 6.04 Å². The minimum Gasteiger partial charge on any atom is -0.384 e. The standard InChI is InChI=1S/C11H16N4O/c12-10-6-5-9(7-13-10)15-11(16)14-8-3-1-2-4-8/h5-8H,1-4H2,(H2,12,13)(H2,14,15,16). The Bertz CT molecular complexity index is 357. The number of urea groups is 1. The SMILES string of the molecule is Nc1ccc(NC(=O)NC2CCCC2)cn1. The third kappa shape index (κ3) is 2.85. The number of anilines is 2. The number of nitrogens with zero attached hydrogens (tertiary/aromatic N) is 1. The van der Waals surface area contributed by atoms with Gasteiger partial charge in [-0.15, -0.1) is 0 Å². The molecule has 5 nitrogen and oxygen atoms in total. The summed E-state index contributed by atoms with van der Waals surface area (Å²) in [6.45, 7) is 0. The molecule has 5 heteroatoms. The molecule has 1 aliphatic rings. The van der Waals surface area contributed by atoms with Gasteiger partial charge in [-0.3, -0.25) is 0 Å². The molecular formula is C11H16N4O. The van der Waals surface area contributed by atoms with Crippen molar-refractivity contribution in [2.24, 2.45) is 0 Å². The van der Waals surface area contributed by atoms with Crippen LogP contribution < -0.4 is 16.4 Å². The van der Waals surface area contributed by atoms with E-state index in [4.69, 9.17) is 5.73 Å². The van der Waals surface area contributed by atoms with Crippen LogP contribution in [0.2, 0.25) is 0 Å². The molecule has 1 aliphatic carbocycles. The second-order valence-corrected chi connectivity index (χ2v) is 4.05. The Labute approximate surface area is 94.4 Å². The fraction of sp³-hybridized carbons (Fsp3) is 0.455. The van der Waals surface area contributed by atoms with Gasteiger partial charge in [0.15, 0.2) is 0 Å². The summed E-state index contributed by atoms with van der Waals surface area (Å²) < 4.78 is 0. The van der Waals surface area contributed by atoms with Crippen LogP contribution in [0.5, 0.6) is 0 Å². The van der Waals surface area contributed by atoms with Crippen molar-refractivity contribution in [3.8, 4) is 0 Å². The van der Waals surface area contributed by atoms with Gasteiger partial charge in [0.25, 0.3) is 0 Å². The molecule has 1 saturated carbocycles. The lowest BCUT2D eigenvalue weighted by Gasteiger charge is -2.12. The molecule has 0 atom stereocenters. The zero-order valence-electron chi connectivity index (χ0n) is 9.07. The first kappa shape index (κ1) is 10.7. The highest BCUT2D eigenvalue weighted by atomic mass is 16.2. The minimum absolute atomic E-state index is 0.168. The lowest BCUT2D eigenvalue weighted by atomic mass is 10.2. The molecule has 0 aliphatic heterocycles. The molecule has 0 spiro atoms. The van der Waals surface area contributed by atoms with Gasteiger partial charge >= 0.3 is 6.03 Å². The predicted octanol–water partition coefficient (Wildman–Crippen LogP) is 1.73. The van der Waals surface area contributed by atoms with Crippen molar-refractivity contribution in [3.05, 3.63) is 18.3 Å². The fourth-order valence-electron chi connectivity index (χ4n) is 1.90. The largest absolute Gasteiger partial charge is 0.384 e. The number of carbonyl (C=O) groups excluding carboxylic acids is 1. The predicted molar refractivity (Wildman–Crippen MR) is 63.1 cm³/mol. The third-order valence-corrected chi connectivity index (χ3v) is 2.73. The van der Waals surface area contributed by atoms with E-state index >= 15 is 0 Å². The van der Waals surface area contributed by atoms with Crippen LogP contribution in [-0.4, -0.2) is 17.1 Å². The van der Waals surface area contributed by atoms with Crippen LogP contribution in [0.3, 0.4) is 0 Å². The summed E-state index contributed by atoms with van der Waals surface area (Å²) in [6, 6.07) is 3.54. The number of hydrogen-bond acceptors (Lipinski definition) is 3. The van der Waals surface area contributed by atoms with Crippen molar-refractivity contribution in [1.82, 2.24) is 10.3 Å². The lowest BCUT2D eigenvalue weighted by molar-refractivity contribution is 0.248. The molecule has 1 heterocycles. The van der Waals surface area contributed by atoms with E-state index in [0.29, 0.717) is 17.5 Å². The van der Waals surface area contributed by atoms with Gasteiger partial charge in [-0.1, -0.05) is 12.8 Å². The maximum absolute atomic E-state index is 11.6. The Morgan fingerprint density at radius 2 is 2.12 bits per heavy atom. The van der Waals surface area contributed by atoms with E-state index in [1.54, 1.807) is 18.3 Å². The number of amides is 2. The van der Waals surface area contributed by atoms with Crippen LogP contribution in [0.1, 0.15) is 25.7 Å². The highest BCUT2D eigenvalue weighted by Crippen LogP contribution is 2.17. The number of aromatic nitrogens is 1. The van der Waals surface area contributed by atoms with E-state index in [0.717, 1.165) is 12.8 Å². The molecule has 16 heavy (non-hydrogen) atoms. The molecule has 0 saturated heterocycles. The Balaban J connectivity index is 1.84. The maximum atomic E-state index is 11.6. The van der Waals surface area contributed by atoms with Crippen LogP contribution in [0.4, 0.5) is 16.3 Å². The maximum Gasteiger partial charge on any atom is 0.319 e. The van der Waals surface area contributed by atoms with Crippen LogP contribution in [0.15, 0.2) is 18.3 Å². The second-order valence-electron chi connectivity index (χ2n) is 4.05. The van der Waals surface area contributed by atoms with Gasteiger partial charge in [0.1, 0.15) is 5.82 Å². The Morgan fingerprint density at radius 1 is 1.38 bits per heavy atom. The van der Waals surface area contributed by atoms with E-state index in [2.05, 4.69) is 15.6 Å². The summed E-state index contributed by atoms with van der Waals surface area (Å²) >= 11 is 0. The van der Waals surface area contributed by atoms with E-state index in [1.165, 1.54) is 12.8 Å². The van der Waals surface area contributed by atoms with Crippen LogP contribution in [0, 0.1) is 0 Å². The minimum atomic E-state index is -0.168. The first-order valence-corrected chi connectivity index (χ1v) is 5.53. The topological polar surface area (TPSA) is 80.0 Å². The van der Waals surface area contributed by atoms with E-state index in [9.17, 15) is 4.79 Å². The summed E-state index contributed by atoms with van der Waals surface area (Å²) in [5, 5.41) is 5.66. The summed E-state index contributed by atoms with van der Waals surface area (Å²) in [7, 11) is 0. The number of pyridine rings is 1. The molecule has 2 rings (SSSR count). The normalized spacial score (nSPS) is 16.0. The van der Waals surface area contributed by atoms with Crippen molar-refractivity contribution in [3.63, 3.8) is 0 Å². The smallest absolute Gasteiger partial charge is 0.319 e. The van der Waals surface area contributed by atoms with Gasteiger partial charge in [-0.25, -0.2) is 9.78 Å². The van der Waals surface area contributed by atoms with Gasteiger partial charge in [0.2, 0.25) is 0 Å². The molecule has 1 fully saturated rings. The van der Waals surface area contributed by atoms with E-state index < -0.39 is 0 Å². The number of nitrogens with two attached hydrogens (primary N) is 1. The first-order chi connectivity index (χ1) is 7.74. The average Bonchev–Trinajstić information content (AvgIpc) is 2.74. The average molecular weight is 220 g/mol. The first-order valence-electron chi connectivity index (χ1n) is 5.53. The molecule has 0 bridgehead atoms. The molecule has 0 radical (unpaired) electrons. The van der Waals surface area contributed by atoms with Crippen molar-refractivity contribution in [2.45, 2.75) is 31.7 Å². The number of carbonyl (C=O) groups is 1. The summed E-state index contributed by atoms with van der Waals surface area (Å²) in [4.78, 5) is 15.5. The summed E-state index contributed by atoms with van der Waals surface area (Å²) in [5.74, 6) is 0.446. The molecule has 4 N–H and O–H groups in total. The molecule has 86 valence electrons. The van der Waals surface area contributed by atoms with E-state index in [-0.39, 0.29) is 6.03 Å². The quantitative estimate of drug-likeness (QED) is 0.710. The number of rotatable bonds is 2. The van der Waals surface area contributed by atoms with E-state index in [1.807, 2.05) is 0 Å². The molecule has 1 aromatic rings. The molecule has 1 aromatic heterocycles. The van der Waals surface area contributed by atoms with Crippen molar-refractivity contribution in [2.75, 3.05) is 11.1 Å². The highest BCUT2D eigenvalue weighted by Gasteiger charge is 2.16. The van der Waals surface area contributed by atoms with Crippen molar-refractivity contribution < 1.29 is 4.79 Å². The zero-order chi connectivity index (χ0) is 11.4. The van der Waals surface area contributed by atoms with Gasteiger partial charge in [0.05, 0.1) is 11.9 Å². The van der Waals surface area contributed by atoms with Gasteiger partial charge < -0.3 is 16.4 Å². The highest BCUT2D eigenvalue weighted by molar-refractivity contribution is 5.89. The lowest BCUT2D eigenvalue weighted by Crippen LogP contribution is -2.36. The van der Waals surface area contributed by atoms with Gasteiger partial charge in [-0.05, 0) is 25.0 Å². The van der Waals surface area contributed by atoms with Crippen LogP contribution >= 0.6 is 0 Å². The monoisotopic (exact) mass is 220 g/mol. The van der Waals surface area contributed by atoms with Crippen LogP contribution in [-0.2, 0) is 0 Å². The molecular weight excluding hydrogens is 204 g/mol. The second kappa shape index (κ2) is 4.83. The molecule has 0 unspecified atom stereocenters. The number of nitrogens with one attached hydrogen (secondary N) is 2. The summed E-state index contributed by atoms with van der Waals surface area (Å²) in [6.07, 6.45) is 6.10. The zero-order valence-corrected chi connectivity index (χ0v) is 9.07. The Hall–Kier alpha value is -1.78. The number of nitrogen functional groups attached to an aromatic ring is 1. The number of hydrogen-bond donors (Lipinski definition) is 3. The fourth-order valence-corrected chi connectivity index (χ4v) is 1.90. The molecule has 2 amide bonds. The Kier molecular flexibility index (Phi) is 3.24. The van der Waals surface area contributed by atoms with Crippen molar-refractivity contribution in [1.29, 1.82) is 0 Å². The van der Waals surface area contributed by atoms with Gasteiger partial charge in [-0.2, -0.15) is 0 Å². The van der Waals surface area contributed by atoms with Crippen molar-refractivity contribution >= 4 is 17.5 Å². The summed E-state index contributed by atoms with van der Waals surface area (Å²) in [5.41, 5.74) is 6.11. The Morgan fingerprint density at radius 3 is 2.75 bits per heavy atom. The third-order valence-electron chi connectivity index (χ3n) is 2.73.